The van der Waals surface area contributed by atoms with Gasteiger partial charge in [0.2, 0.25) is 5.82 Å². The summed E-state index contributed by atoms with van der Waals surface area (Å²) in [5.74, 6) is -36.3. The Balaban J connectivity index is 1.53. The van der Waals surface area contributed by atoms with E-state index in [0.717, 1.165) is 24.3 Å². The lowest BCUT2D eigenvalue weighted by atomic mass is 9.73. The van der Waals surface area contributed by atoms with E-state index >= 15 is 26.3 Å². The van der Waals surface area contributed by atoms with E-state index in [0.29, 0.717) is 24.3 Å². The number of hydrogen-bond donors (Lipinski definition) is 0. The molecule has 0 spiro atoms. The van der Waals surface area contributed by atoms with Crippen LogP contribution in [0.4, 0.5) is 65.9 Å². The quantitative estimate of drug-likeness (QED) is 0.0729. The van der Waals surface area contributed by atoms with E-state index < -0.39 is 150 Å². The molecule has 0 aromatic heterocycles. The summed E-state index contributed by atoms with van der Waals surface area (Å²) in [6.07, 6.45) is 0. The molecule has 0 amide bonds. The second-order valence-corrected chi connectivity index (χ2v) is 11.4. The highest BCUT2D eigenvalue weighted by molar-refractivity contribution is 6.64. The van der Waals surface area contributed by atoms with Crippen molar-refractivity contribution in [1.29, 1.82) is 0 Å². The molecule has 0 bridgehead atoms. The van der Waals surface area contributed by atoms with Crippen LogP contribution < -0.4 is 14.8 Å². The Morgan fingerprint density at radius 2 is 1.06 bits per heavy atom. The van der Waals surface area contributed by atoms with Gasteiger partial charge in [-0.15, -0.1) is 0 Å². The third kappa shape index (κ3) is 5.32. The smallest absolute Gasteiger partial charge is 0.521 e. The minimum Gasteiger partial charge on any atom is -0.521 e. The highest BCUT2D eigenvalue weighted by Gasteiger charge is 2.56. The van der Waals surface area contributed by atoms with Crippen molar-refractivity contribution < 1.29 is 75.2 Å². The molecular weight excluding hydrogens is 748 g/mol. The van der Waals surface area contributed by atoms with E-state index in [4.69, 9.17) is 9.31 Å². The van der Waals surface area contributed by atoms with Crippen LogP contribution in [0.2, 0.25) is 0 Å². The van der Waals surface area contributed by atoms with E-state index in [1.54, 1.807) is 0 Å². The Labute approximate surface area is 285 Å². The Morgan fingerprint density at radius 1 is 0.472 bits per heavy atom. The molecule has 18 heteroatoms. The molecule has 6 aromatic carbocycles. The molecule has 0 heterocycles. The van der Waals surface area contributed by atoms with Gasteiger partial charge in [0.25, 0.3) is 0 Å². The van der Waals surface area contributed by atoms with E-state index in [1.165, 1.54) is 0 Å². The number of fused-ring (bicyclic) bond motifs is 4. The molecule has 0 N–H and O–H groups in total. The zero-order chi connectivity index (χ0) is 38.4. The second kappa shape index (κ2) is 12.4. The minimum absolute atomic E-state index is 0.128. The molecule has 0 saturated heterocycles. The topological polar surface area (TPSA) is 18.5 Å². The van der Waals surface area contributed by atoms with Gasteiger partial charge in [-0.05, 0) is 29.8 Å². The minimum atomic E-state index is -5.26. The molecule has 0 aliphatic heterocycles. The molecule has 0 atom stereocenters. The summed E-state index contributed by atoms with van der Waals surface area (Å²) in [6.45, 7) is 0. The molecule has 0 fully saturated rings. The summed E-state index contributed by atoms with van der Waals surface area (Å²) in [7, 11) is -2.71. The maximum absolute atomic E-state index is 16.0. The van der Waals surface area contributed by atoms with E-state index in [9.17, 15) is 39.5 Å². The van der Waals surface area contributed by atoms with Crippen LogP contribution in [-0.2, 0) is 5.92 Å². The lowest BCUT2D eigenvalue weighted by Crippen LogP contribution is -2.44. The largest absolute Gasteiger partial charge is 0.633 e. The molecule has 0 saturated carbocycles. The van der Waals surface area contributed by atoms with Crippen molar-refractivity contribution >= 4 is 23.4 Å². The lowest BCUT2D eigenvalue weighted by molar-refractivity contribution is 0.0404. The molecule has 53 heavy (non-hydrogen) atoms. The molecule has 7 rings (SSSR count). The van der Waals surface area contributed by atoms with Gasteiger partial charge in [0.1, 0.15) is 29.0 Å². The van der Waals surface area contributed by atoms with Crippen LogP contribution in [0.1, 0.15) is 11.1 Å². The van der Waals surface area contributed by atoms with Gasteiger partial charge in [-0.1, -0.05) is 24.3 Å². The van der Waals surface area contributed by atoms with Gasteiger partial charge in [0, 0.05) is 39.7 Å². The maximum atomic E-state index is 16.0. The lowest BCUT2D eigenvalue weighted by Gasteiger charge is -2.24. The van der Waals surface area contributed by atoms with Crippen molar-refractivity contribution in [3.05, 3.63) is 147 Å². The summed E-state index contributed by atoms with van der Waals surface area (Å²) in [5.41, 5.74) is -11.1. The first-order chi connectivity index (χ1) is 24.9. The predicted octanol–water partition coefficient (Wildman–Crippen LogP) is 10.3. The van der Waals surface area contributed by atoms with Crippen LogP contribution in [0.25, 0.3) is 33.0 Å². The first kappa shape index (κ1) is 35.6. The summed E-state index contributed by atoms with van der Waals surface area (Å²) in [5, 5.41) is -1.72. The Hall–Kier alpha value is -5.81. The summed E-state index contributed by atoms with van der Waals surface area (Å²) in [4.78, 5) is 0. The summed E-state index contributed by atoms with van der Waals surface area (Å²) in [6, 6.07) is 6.48. The molecule has 6 aromatic rings. The van der Waals surface area contributed by atoms with Crippen LogP contribution in [0, 0.1) is 75.6 Å². The van der Waals surface area contributed by atoms with Gasteiger partial charge in [-0.2, -0.15) is 13.2 Å². The zero-order valence-corrected chi connectivity index (χ0v) is 25.3. The highest BCUT2D eigenvalue weighted by Crippen LogP contribution is 2.58. The second-order valence-electron chi connectivity index (χ2n) is 11.4. The molecule has 1 aliphatic rings. The van der Waals surface area contributed by atoms with Gasteiger partial charge in [-0.3, -0.25) is 0 Å². The van der Waals surface area contributed by atoms with E-state index in [1.807, 2.05) is 0 Å². The molecule has 0 unspecified atom stereocenters. The fraction of sp³-hybridized carbons (Fsp3) is 0.0286. The van der Waals surface area contributed by atoms with Gasteiger partial charge in [0.15, 0.2) is 52.3 Å². The zero-order valence-electron chi connectivity index (χ0n) is 25.3. The van der Waals surface area contributed by atoms with Gasteiger partial charge in [0.05, 0.1) is 16.5 Å². The Bertz CT molecular complexity index is 2560. The van der Waals surface area contributed by atoms with Crippen molar-refractivity contribution in [3.8, 4) is 33.8 Å². The fourth-order valence-corrected chi connectivity index (χ4v) is 6.08. The number of alkyl halides is 2. The molecule has 1 aliphatic carbocycles. The van der Waals surface area contributed by atoms with Crippen molar-refractivity contribution in [2.75, 3.05) is 0 Å². The number of hydrogen-bond acceptors (Lipinski definition) is 2. The average Bonchev–Trinajstić information content (AvgIpc) is 3.36. The van der Waals surface area contributed by atoms with Crippen molar-refractivity contribution in [3.63, 3.8) is 0 Å². The monoisotopic (exact) mass is 758 g/mol. The van der Waals surface area contributed by atoms with E-state index in [2.05, 4.69) is 0 Å². The molecule has 0 radical (unpaired) electrons. The molecule has 2 nitrogen and oxygen atoms in total. The number of benzene rings is 6. The van der Waals surface area contributed by atoms with Crippen LogP contribution in [0.5, 0.6) is 11.5 Å². The predicted molar refractivity (Wildman–Crippen MR) is 157 cm³/mol. The van der Waals surface area contributed by atoms with Crippen molar-refractivity contribution in [2.45, 2.75) is 5.92 Å². The van der Waals surface area contributed by atoms with Crippen LogP contribution in [0.15, 0.2) is 60.7 Å². The van der Waals surface area contributed by atoms with Crippen molar-refractivity contribution in [2.24, 2.45) is 0 Å². The third-order valence-corrected chi connectivity index (χ3v) is 8.32. The number of rotatable bonds is 6. The van der Waals surface area contributed by atoms with E-state index in [-0.39, 0.29) is 12.1 Å². The summed E-state index contributed by atoms with van der Waals surface area (Å²) < 4.78 is 235. The average molecular weight is 758 g/mol. The first-order valence-corrected chi connectivity index (χ1v) is 14.6. The fourth-order valence-electron chi connectivity index (χ4n) is 6.08. The maximum Gasteiger partial charge on any atom is 0.633 e. The number of halogens is 15. The normalized spacial score (nSPS) is 13.0. The van der Waals surface area contributed by atoms with Gasteiger partial charge < -0.3 is 9.31 Å². The van der Waals surface area contributed by atoms with Crippen LogP contribution >= 0.6 is 0 Å². The van der Waals surface area contributed by atoms with Crippen LogP contribution in [0.3, 0.4) is 0 Å². The van der Waals surface area contributed by atoms with Gasteiger partial charge >= 0.3 is 13.0 Å². The Morgan fingerprint density at radius 3 is 1.75 bits per heavy atom. The first-order valence-electron chi connectivity index (χ1n) is 14.6. The van der Waals surface area contributed by atoms with Crippen molar-refractivity contribution in [1.82, 2.24) is 0 Å². The summed E-state index contributed by atoms with van der Waals surface area (Å²) >= 11 is 0. The highest BCUT2D eigenvalue weighted by atomic mass is 19.3. The molecule has 270 valence electrons. The van der Waals surface area contributed by atoms with Crippen LogP contribution in [-0.4, -0.2) is 7.12 Å². The standard InChI is InChI=1S/C35H10BF15O2/c37-11-7-14(26(42)19(41)10-11)13-3-1-2-4-16(13)36(52-20-6-5-17(39)21-15(20)8-12(38)9-18(21)40)53-34-25-23(28(44)31(47)33(34)49)22-24(35(25,50)51)29(45)32(48)30(46)27(22)43/h1-10H. The van der Waals surface area contributed by atoms with Gasteiger partial charge in [-0.25, -0.2) is 52.7 Å². The Kier molecular flexibility index (Phi) is 8.33. The molecular formula is C35H10BF15O2. The third-order valence-electron chi connectivity index (χ3n) is 8.32. The SMILES string of the molecule is Fc1cc(F)c(F)c(-c2ccccc2B(Oc2c(F)c(F)c(F)c3c2C(F)(F)c2c(F)c(F)c(F)c(F)c2-3)Oc2ccc(F)c3c(F)cc(F)cc23)c1.